The summed E-state index contributed by atoms with van der Waals surface area (Å²) >= 11 is 0. The molecular weight excluding hydrogens is 338 g/mol. The molecule has 2 N–H and O–H groups in total. The van der Waals surface area contributed by atoms with Gasteiger partial charge in [-0.25, -0.2) is 4.79 Å². The molecule has 5 heteroatoms. The highest BCUT2D eigenvalue weighted by Gasteiger charge is 2.12. The zero-order valence-corrected chi connectivity index (χ0v) is 16.2. The molecule has 27 heavy (non-hydrogen) atoms. The minimum Gasteiger partial charge on any atom is -0.379 e. The van der Waals surface area contributed by atoms with Gasteiger partial charge >= 0.3 is 6.03 Å². The summed E-state index contributed by atoms with van der Waals surface area (Å²) in [7, 11) is 0. The van der Waals surface area contributed by atoms with E-state index < -0.39 is 0 Å². The van der Waals surface area contributed by atoms with E-state index in [0.29, 0.717) is 6.54 Å². The van der Waals surface area contributed by atoms with Crippen molar-refractivity contribution in [3.05, 3.63) is 70.8 Å². The molecule has 0 saturated carbocycles. The number of benzene rings is 2. The predicted octanol–water partition coefficient (Wildman–Crippen LogP) is 3.39. The van der Waals surface area contributed by atoms with Crippen molar-refractivity contribution in [2.75, 3.05) is 26.3 Å². The molecule has 144 valence electrons. The Bertz CT molecular complexity index is 739. The van der Waals surface area contributed by atoms with Crippen LogP contribution in [0.4, 0.5) is 4.79 Å². The second kappa shape index (κ2) is 9.53. The van der Waals surface area contributed by atoms with E-state index in [1.165, 1.54) is 11.1 Å². The van der Waals surface area contributed by atoms with E-state index >= 15 is 0 Å². The molecule has 0 bridgehead atoms. The van der Waals surface area contributed by atoms with Gasteiger partial charge in [0.05, 0.1) is 19.3 Å². The third-order valence-electron chi connectivity index (χ3n) is 4.99. The number of hydrogen-bond acceptors (Lipinski definition) is 3. The van der Waals surface area contributed by atoms with Gasteiger partial charge in [-0.05, 0) is 36.1 Å². The highest BCUT2D eigenvalue weighted by atomic mass is 16.5. The van der Waals surface area contributed by atoms with Gasteiger partial charge in [-0.1, -0.05) is 48.5 Å². The standard InChI is InChI=1S/C22H29N3O2/c1-17-5-3-4-6-21(17)18(2)24-22(26)23-15-19-7-9-20(10-8-19)16-25-11-13-27-14-12-25/h3-10,18H,11-16H2,1-2H3,(H2,23,24,26). The van der Waals surface area contributed by atoms with E-state index in [1.54, 1.807) is 0 Å². The van der Waals surface area contributed by atoms with Crippen molar-refractivity contribution in [2.24, 2.45) is 0 Å². The molecule has 1 saturated heterocycles. The summed E-state index contributed by atoms with van der Waals surface area (Å²) in [6.07, 6.45) is 0. The number of hydrogen-bond donors (Lipinski definition) is 2. The number of nitrogens with zero attached hydrogens (tertiary/aromatic N) is 1. The van der Waals surface area contributed by atoms with Crippen LogP contribution in [0.25, 0.3) is 0 Å². The molecule has 0 spiro atoms. The first-order valence-corrected chi connectivity index (χ1v) is 9.59. The van der Waals surface area contributed by atoms with E-state index in [-0.39, 0.29) is 12.1 Å². The lowest BCUT2D eigenvalue weighted by molar-refractivity contribution is 0.0342. The zero-order valence-electron chi connectivity index (χ0n) is 16.2. The summed E-state index contributed by atoms with van der Waals surface area (Å²) in [6, 6.07) is 16.4. The number of rotatable bonds is 6. The average Bonchev–Trinajstić information content (AvgIpc) is 2.68. The van der Waals surface area contributed by atoms with Crippen LogP contribution in [-0.4, -0.2) is 37.2 Å². The molecule has 0 radical (unpaired) electrons. The Balaban J connectivity index is 1.45. The van der Waals surface area contributed by atoms with Gasteiger partial charge in [-0.3, -0.25) is 4.90 Å². The molecule has 0 aliphatic carbocycles. The zero-order chi connectivity index (χ0) is 19.1. The van der Waals surface area contributed by atoms with E-state index in [2.05, 4.69) is 52.8 Å². The highest BCUT2D eigenvalue weighted by Crippen LogP contribution is 2.16. The van der Waals surface area contributed by atoms with Gasteiger partial charge in [0.2, 0.25) is 0 Å². The second-order valence-electron chi connectivity index (χ2n) is 7.11. The van der Waals surface area contributed by atoms with Crippen molar-refractivity contribution in [3.63, 3.8) is 0 Å². The van der Waals surface area contributed by atoms with Crippen LogP contribution in [0.15, 0.2) is 48.5 Å². The Morgan fingerprint density at radius 3 is 2.44 bits per heavy atom. The van der Waals surface area contributed by atoms with E-state index in [4.69, 9.17) is 4.74 Å². The maximum atomic E-state index is 12.2. The summed E-state index contributed by atoms with van der Waals surface area (Å²) < 4.78 is 5.39. The fourth-order valence-electron chi connectivity index (χ4n) is 3.36. The third kappa shape index (κ3) is 5.81. The van der Waals surface area contributed by atoms with Crippen LogP contribution in [0.1, 0.15) is 35.2 Å². The van der Waals surface area contributed by atoms with Gasteiger partial charge in [-0.2, -0.15) is 0 Å². The molecule has 2 aromatic rings. The number of morpholine rings is 1. The van der Waals surface area contributed by atoms with Crippen LogP contribution < -0.4 is 10.6 Å². The first kappa shape index (κ1) is 19.4. The minimum absolute atomic E-state index is 0.0258. The van der Waals surface area contributed by atoms with E-state index in [0.717, 1.165) is 44.0 Å². The van der Waals surface area contributed by atoms with Crippen molar-refractivity contribution < 1.29 is 9.53 Å². The Labute approximate surface area is 161 Å². The summed E-state index contributed by atoms with van der Waals surface area (Å²) in [5.74, 6) is 0. The smallest absolute Gasteiger partial charge is 0.315 e. The van der Waals surface area contributed by atoms with Gasteiger partial charge in [0.25, 0.3) is 0 Å². The molecule has 1 unspecified atom stereocenters. The lowest BCUT2D eigenvalue weighted by Gasteiger charge is -2.26. The number of amides is 2. The molecule has 0 aromatic heterocycles. The first-order valence-electron chi connectivity index (χ1n) is 9.59. The average molecular weight is 367 g/mol. The first-order chi connectivity index (χ1) is 13.1. The Morgan fingerprint density at radius 2 is 1.74 bits per heavy atom. The minimum atomic E-state index is -0.150. The largest absolute Gasteiger partial charge is 0.379 e. The molecule has 2 amide bonds. The molecule has 3 rings (SSSR count). The van der Waals surface area contributed by atoms with Crippen molar-refractivity contribution in [2.45, 2.75) is 33.0 Å². The number of ether oxygens (including phenoxy) is 1. The quantitative estimate of drug-likeness (QED) is 0.823. The van der Waals surface area contributed by atoms with Crippen molar-refractivity contribution in [3.8, 4) is 0 Å². The van der Waals surface area contributed by atoms with Gasteiger partial charge in [-0.15, -0.1) is 0 Å². The van der Waals surface area contributed by atoms with Crippen molar-refractivity contribution in [1.82, 2.24) is 15.5 Å². The predicted molar refractivity (Wildman–Crippen MR) is 108 cm³/mol. The van der Waals surface area contributed by atoms with Gasteiger partial charge in [0.15, 0.2) is 0 Å². The maximum Gasteiger partial charge on any atom is 0.315 e. The number of nitrogens with one attached hydrogen (secondary N) is 2. The van der Waals surface area contributed by atoms with Crippen LogP contribution >= 0.6 is 0 Å². The van der Waals surface area contributed by atoms with E-state index in [9.17, 15) is 4.79 Å². The normalized spacial score (nSPS) is 15.9. The molecule has 5 nitrogen and oxygen atoms in total. The number of carbonyl (C=O) groups is 1. The lowest BCUT2D eigenvalue weighted by Crippen LogP contribution is -2.36. The Kier molecular flexibility index (Phi) is 6.85. The van der Waals surface area contributed by atoms with E-state index in [1.807, 2.05) is 25.1 Å². The monoisotopic (exact) mass is 367 g/mol. The van der Waals surface area contributed by atoms with Crippen molar-refractivity contribution >= 4 is 6.03 Å². The van der Waals surface area contributed by atoms with Crippen LogP contribution in [0, 0.1) is 6.92 Å². The summed E-state index contributed by atoms with van der Waals surface area (Å²) in [4.78, 5) is 14.6. The summed E-state index contributed by atoms with van der Waals surface area (Å²) in [6.45, 7) is 9.14. The van der Waals surface area contributed by atoms with Gasteiger partial charge in [0, 0.05) is 26.2 Å². The summed E-state index contributed by atoms with van der Waals surface area (Å²) in [5, 5.41) is 5.95. The molecule has 1 aliphatic rings. The SMILES string of the molecule is Cc1ccccc1C(C)NC(=O)NCc1ccc(CN2CCOCC2)cc1. The van der Waals surface area contributed by atoms with Gasteiger partial charge < -0.3 is 15.4 Å². The molecule has 1 atom stereocenters. The lowest BCUT2D eigenvalue weighted by atomic mass is 10.0. The van der Waals surface area contributed by atoms with Crippen molar-refractivity contribution in [1.29, 1.82) is 0 Å². The number of carbonyl (C=O) groups excluding carboxylic acids is 1. The fourth-order valence-corrected chi connectivity index (χ4v) is 3.36. The van der Waals surface area contributed by atoms with Crippen LogP contribution in [0.2, 0.25) is 0 Å². The van der Waals surface area contributed by atoms with Crippen LogP contribution in [0.3, 0.4) is 0 Å². The molecule has 1 heterocycles. The third-order valence-corrected chi connectivity index (χ3v) is 4.99. The van der Waals surface area contributed by atoms with Crippen LogP contribution in [0.5, 0.6) is 0 Å². The van der Waals surface area contributed by atoms with Crippen LogP contribution in [-0.2, 0) is 17.8 Å². The summed E-state index contributed by atoms with van der Waals surface area (Å²) in [5.41, 5.74) is 4.71. The Hall–Kier alpha value is -2.37. The van der Waals surface area contributed by atoms with Gasteiger partial charge in [0.1, 0.15) is 0 Å². The number of urea groups is 1. The molecular formula is C22H29N3O2. The fraction of sp³-hybridized carbons (Fsp3) is 0.409. The highest BCUT2D eigenvalue weighted by molar-refractivity contribution is 5.74. The number of aryl methyl sites for hydroxylation is 1. The molecule has 1 fully saturated rings. The molecule has 2 aromatic carbocycles. The Morgan fingerprint density at radius 1 is 1.07 bits per heavy atom. The maximum absolute atomic E-state index is 12.2. The second-order valence-corrected chi connectivity index (χ2v) is 7.11. The topological polar surface area (TPSA) is 53.6 Å². The molecule has 1 aliphatic heterocycles.